The Hall–Kier alpha value is 0.130. The van der Waals surface area contributed by atoms with Crippen molar-refractivity contribution in [2.75, 3.05) is 18.5 Å². The normalized spacial score (nSPS) is 18.7. The molecule has 0 saturated carbocycles. The first-order valence-corrected chi connectivity index (χ1v) is 8.95. The predicted molar refractivity (Wildman–Crippen MR) is 85.0 cm³/mol. The number of rotatable bonds is 5. The summed E-state index contributed by atoms with van der Waals surface area (Å²) in [5.41, 5.74) is 2.84. The molecule has 1 fully saturated rings. The minimum Gasteiger partial charge on any atom is -0.381 e. The van der Waals surface area contributed by atoms with E-state index in [-0.39, 0.29) is 0 Å². The summed E-state index contributed by atoms with van der Waals surface area (Å²) in [6.45, 7) is 7.01. The Morgan fingerprint density at radius 1 is 1.32 bits per heavy atom. The molecule has 0 radical (unpaired) electrons. The summed E-state index contributed by atoms with van der Waals surface area (Å²) in [4.78, 5) is 0. The number of aromatic nitrogens is 2. The van der Waals surface area contributed by atoms with E-state index in [1.165, 1.54) is 15.9 Å². The Labute approximate surface area is 132 Å². The van der Waals surface area contributed by atoms with Crippen LogP contribution in [0.5, 0.6) is 0 Å². The molecule has 1 aromatic heterocycles. The van der Waals surface area contributed by atoms with E-state index in [1.807, 2.05) is 0 Å². The second-order valence-corrected chi connectivity index (χ2v) is 6.65. The lowest BCUT2D eigenvalue weighted by Crippen LogP contribution is -2.34. The summed E-state index contributed by atoms with van der Waals surface area (Å²) >= 11 is 7.47. The topological polar surface area (TPSA) is 27.1 Å². The molecule has 0 unspecified atom stereocenters. The van der Waals surface area contributed by atoms with Crippen LogP contribution in [0.4, 0.5) is 0 Å². The van der Waals surface area contributed by atoms with E-state index in [9.17, 15) is 0 Å². The van der Waals surface area contributed by atoms with Crippen LogP contribution in [0.25, 0.3) is 0 Å². The van der Waals surface area contributed by atoms with Crippen molar-refractivity contribution in [3.8, 4) is 0 Å². The molecule has 1 aliphatic rings. The van der Waals surface area contributed by atoms with E-state index in [2.05, 4.69) is 50.4 Å². The number of alkyl halides is 1. The molecule has 3 nitrogen and oxygen atoms in total. The number of ether oxygens (including phenoxy) is 1. The van der Waals surface area contributed by atoms with Gasteiger partial charge in [-0.05, 0) is 54.0 Å². The summed E-state index contributed by atoms with van der Waals surface area (Å²) in [6, 6.07) is 0. The zero-order valence-corrected chi connectivity index (χ0v) is 14.9. The monoisotopic (exact) mass is 392 g/mol. The summed E-state index contributed by atoms with van der Waals surface area (Å²) in [7, 11) is 0. The molecule has 0 bridgehead atoms. The van der Waals surface area contributed by atoms with E-state index in [0.717, 1.165) is 50.8 Å². The van der Waals surface area contributed by atoms with Gasteiger partial charge in [0.15, 0.2) is 0 Å². The van der Waals surface area contributed by atoms with Crippen molar-refractivity contribution in [3.05, 3.63) is 15.9 Å². The molecule has 2 rings (SSSR count). The number of nitrogens with zero attached hydrogens (tertiary/aromatic N) is 2. The highest BCUT2D eigenvalue weighted by Crippen LogP contribution is 2.38. The third-order valence-electron chi connectivity index (χ3n) is 4.07. The zero-order valence-electron chi connectivity index (χ0n) is 11.7. The molecule has 0 N–H and O–H groups in total. The fourth-order valence-electron chi connectivity index (χ4n) is 2.70. The van der Waals surface area contributed by atoms with Crippen molar-refractivity contribution in [1.29, 1.82) is 0 Å². The van der Waals surface area contributed by atoms with Crippen LogP contribution in [-0.2, 0) is 24.1 Å². The van der Waals surface area contributed by atoms with E-state index in [1.54, 1.807) is 0 Å². The van der Waals surface area contributed by atoms with Gasteiger partial charge in [0.1, 0.15) is 0 Å². The van der Waals surface area contributed by atoms with Crippen LogP contribution in [0.2, 0.25) is 0 Å². The van der Waals surface area contributed by atoms with Crippen LogP contribution in [0, 0.1) is 5.41 Å². The third kappa shape index (κ3) is 3.24. The highest BCUT2D eigenvalue weighted by atomic mass is 79.9. The fraction of sp³-hybridized carbons (Fsp3) is 0.786. The molecular weight excluding hydrogens is 372 g/mol. The largest absolute Gasteiger partial charge is 0.381 e. The van der Waals surface area contributed by atoms with Crippen molar-refractivity contribution in [3.63, 3.8) is 0 Å². The highest BCUT2D eigenvalue weighted by Gasteiger charge is 2.34. The van der Waals surface area contributed by atoms with Gasteiger partial charge in [-0.25, -0.2) is 0 Å². The van der Waals surface area contributed by atoms with Gasteiger partial charge in [0.25, 0.3) is 0 Å². The van der Waals surface area contributed by atoms with Gasteiger partial charge in [0.05, 0.1) is 15.9 Å². The standard InChI is InChI=1S/C14H22Br2N2O/c1-3-11-13(16)12(18(4-2)17-11)9-14(10-15)5-7-19-8-6-14/h3-10H2,1-2H3. The molecule has 0 amide bonds. The number of aryl methyl sites for hydroxylation is 2. The molecule has 0 atom stereocenters. The summed E-state index contributed by atoms with van der Waals surface area (Å²) < 4.78 is 8.89. The van der Waals surface area contributed by atoms with Gasteiger partial charge in [-0.15, -0.1) is 0 Å². The van der Waals surface area contributed by atoms with Crippen LogP contribution >= 0.6 is 31.9 Å². The van der Waals surface area contributed by atoms with Gasteiger partial charge in [0.2, 0.25) is 0 Å². The lowest BCUT2D eigenvalue weighted by Gasteiger charge is -2.35. The maximum Gasteiger partial charge on any atom is 0.0766 e. The van der Waals surface area contributed by atoms with Gasteiger partial charge in [0, 0.05) is 25.1 Å². The maximum absolute atomic E-state index is 5.52. The van der Waals surface area contributed by atoms with Crippen LogP contribution in [0.15, 0.2) is 4.47 Å². The molecule has 0 aliphatic carbocycles. The summed E-state index contributed by atoms with van der Waals surface area (Å²) in [6.07, 6.45) is 4.30. The highest BCUT2D eigenvalue weighted by molar-refractivity contribution is 9.10. The van der Waals surface area contributed by atoms with Gasteiger partial charge in [-0.1, -0.05) is 22.9 Å². The minimum atomic E-state index is 0.318. The van der Waals surface area contributed by atoms with Crippen molar-refractivity contribution in [2.24, 2.45) is 5.41 Å². The van der Waals surface area contributed by atoms with Crippen molar-refractivity contribution < 1.29 is 4.74 Å². The smallest absolute Gasteiger partial charge is 0.0766 e. The maximum atomic E-state index is 5.52. The average Bonchev–Trinajstić information content (AvgIpc) is 2.76. The van der Waals surface area contributed by atoms with Crippen molar-refractivity contribution in [2.45, 2.75) is 46.1 Å². The fourth-order valence-corrected chi connectivity index (χ4v) is 4.17. The van der Waals surface area contributed by atoms with Crippen LogP contribution in [-0.4, -0.2) is 28.3 Å². The molecule has 1 aliphatic heterocycles. The Kier molecular flexibility index (Phi) is 5.49. The van der Waals surface area contributed by atoms with E-state index < -0.39 is 0 Å². The molecule has 0 aromatic carbocycles. The van der Waals surface area contributed by atoms with E-state index >= 15 is 0 Å². The Morgan fingerprint density at radius 3 is 2.53 bits per heavy atom. The van der Waals surface area contributed by atoms with Gasteiger partial charge < -0.3 is 4.74 Å². The Morgan fingerprint density at radius 2 is 2.00 bits per heavy atom. The van der Waals surface area contributed by atoms with Gasteiger partial charge in [-0.2, -0.15) is 5.10 Å². The molecule has 1 saturated heterocycles. The minimum absolute atomic E-state index is 0.318. The molecule has 2 heterocycles. The number of hydrogen-bond donors (Lipinski definition) is 0. The summed E-state index contributed by atoms with van der Waals surface area (Å²) in [5.74, 6) is 0. The lowest BCUT2D eigenvalue weighted by molar-refractivity contribution is 0.0260. The average molecular weight is 394 g/mol. The van der Waals surface area contributed by atoms with Crippen LogP contribution < -0.4 is 0 Å². The van der Waals surface area contributed by atoms with Crippen molar-refractivity contribution in [1.82, 2.24) is 9.78 Å². The summed E-state index contributed by atoms with van der Waals surface area (Å²) in [5, 5.41) is 5.73. The third-order valence-corrected chi connectivity index (χ3v) is 6.18. The first kappa shape index (κ1) is 15.5. The quantitative estimate of drug-likeness (QED) is 0.708. The lowest BCUT2D eigenvalue weighted by atomic mass is 9.78. The Bertz CT molecular complexity index is 425. The number of halogens is 2. The predicted octanol–water partition coefficient (Wildman–Crippen LogP) is 3.96. The zero-order chi connectivity index (χ0) is 13.9. The van der Waals surface area contributed by atoms with E-state index in [4.69, 9.17) is 9.84 Å². The van der Waals surface area contributed by atoms with Crippen LogP contribution in [0.1, 0.15) is 38.1 Å². The Balaban J connectivity index is 2.28. The van der Waals surface area contributed by atoms with Crippen LogP contribution in [0.3, 0.4) is 0 Å². The second-order valence-electron chi connectivity index (χ2n) is 5.30. The SMILES string of the molecule is CCc1nn(CC)c(CC2(CBr)CCOCC2)c1Br. The molecule has 0 spiro atoms. The molecule has 108 valence electrons. The van der Waals surface area contributed by atoms with Gasteiger partial charge >= 0.3 is 0 Å². The van der Waals surface area contributed by atoms with E-state index in [0.29, 0.717) is 5.41 Å². The van der Waals surface area contributed by atoms with Crippen molar-refractivity contribution >= 4 is 31.9 Å². The molecular formula is C14H22Br2N2O. The van der Waals surface area contributed by atoms with Gasteiger partial charge in [-0.3, -0.25) is 4.68 Å². The molecule has 19 heavy (non-hydrogen) atoms. The number of hydrogen-bond acceptors (Lipinski definition) is 2. The first-order valence-electron chi connectivity index (χ1n) is 7.03. The second kappa shape index (κ2) is 6.72. The molecule has 1 aromatic rings. The molecule has 5 heteroatoms. The first-order chi connectivity index (χ1) is 9.15.